The number of para-hydroxylation sites is 1. The fourth-order valence-electron chi connectivity index (χ4n) is 2.06. The summed E-state index contributed by atoms with van der Waals surface area (Å²) in [6.07, 6.45) is 0.437. The van der Waals surface area contributed by atoms with Crippen LogP contribution in [0.4, 0.5) is 17.1 Å². The predicted molar refractivity (Wildman–Crippen MR) is 81.1 cm³/mol. The molecule has 4 heteroatoms. The minimum atomic E-state index is 0.437. The number of nitrogens with two attached hydrogens (primary N) is 1. The Bertz CT molecular complexity index is 605. The maximum Gasteiger partial charge on any atom is 0.122 e. The Hall–Kier alpha value is -2.67. The summed E-state index contributed by atoms with van der Waals surface area (Å²) in [4.78, 5) is 2.06. The van der Waals surface area contributed by atoms with Crippen LogP contribution in [0, 0.1) is 11.3 Å². The van der Waals surface area contributed by atoms with Crippen LogP contribution in [0.15, 0.2) is 48.5 Å². The molecule has 2 aromatic rings. The van der Waals surface area contributed by atoms with Crippen LogP contribution in [0.3, 0.4) is 0 Å². The molecule has 2 N–H and O–H groups in total. The molecule has 0 atom stereocenters. The van der Waals surface area contributed by atoms with Gasteiger partial charge in [0.2, 0.25) is 0 Å². The second-order valence-electron chi connectivity index (χ2n) is 4.36. The Balaban J connectivity index is 2.41. The Labute approximate surface area is 119 Å². The topological polar surface area (TPSA) is 62.3 Å². The van der Waals surface area contributed by atoms with Crippen LogP contribution in [0.5, 0.6) is 5.75 Å². The molecule has 20 heavy (non-hydrogen) atoms. The minimum Gasteiger partial charge on any atom is -0.497 e. The Kier molecular flexibility index (Phi) is 4.46. The third-order valence-corrected chi connectivity index (χ3v) is 2.98. The summed E-state index contributed by atoms with van der Waals surface area (Å²) in [5.41, 5.74) is 8.49. The molecule has 0 aliphatic rings. The number of anilines is 3. The van der Waals surface area contributed by atoms with Crippen molar-refractivity contribution in [2.24, 2.45) is 0 Å². The number of ether oxygens (including phenoxy) is 1. The van der Waals surface area contributed by atoms with E-state index in [0.717, 1.165) is 11.4 Å². The van der Waals surface area contributed by atoms with Crippen molar-refractivity contribution >= 4 is 17.1 Å². The van der Waals surface area contributed by atoms with Crippen molar-refractivity contribution in [1.29, 1.82) is 5.26 Å². The van der Waals surface area contributed by atoms with Gasteiger partial charge in [-0.2, -0.15) is 5.26 Å². The molecule has 0 unspecified atom stereocenters. The number of nitrogen functional groups attached to an aromatic ring is 1. The van der Waals surface area contributed by atoms with Gasteiger partial charge in [0.15, 0.2) is 0 Å². The van der Waals surface area contributed by atoms with Crippen LogP contribution in [-0.2, 0) is 0 Å². The van der Waals surface area contributed by atoms with Crippen molar-refractivity contribution in [3.8, 4) is 11.8 Å². The fourth-order valence-corrected chi connectivity index (χ4v) is 2.06. The average molecular weight is 267 g/mol. The third kappa shape index (κ3) is 3.21. The zero-order chi connectivity index (χ0) is 14.4. The molecular weight excluding hydrogens is 250 g/mol. The van der Waals surface area contributed by atoms with Crippen LogP contribution in [-0.4, -0.2) is 13.7 Å². The molecule has 0 saturated heterocycles. The van der Waals surface area contributed by atoms with Gasteiger partial charge < -0.3 is 15.4 Å². The maximum absolute atomic E-state index is 8.84. The van der Waals surface area contributed by atoms with Crippen LogP contribution >= 0.6 is 0 Å². The molecular formula is C16H17N3O. The van der Waals surface area contributed by atoms with Gasteiger partial charge in [0.25, 0.3) is 0 Å². The molecule has 0 aliphatic heterocycles. The average Bonchev–Trinajstić information content (AvgIpc) is 2.48. The highest BCUT2D eigenvalue weighted by atomic mass is 16.5. The molecule has 0 aliphatic carbocycles. The summed E-state index contributed by atoms with van der Waals surface area (Å²) in [6.45, 7) is 0.604. The predicted octanol–water partition coefficient (Wildman–Crippen LogP) is 3.33. The van der Waals surface area contributed by atoms with E-state index < -0.39 is 0 Å². The quantitative estimate of drug-likeness (QED) is 0.844. The zero-order valence-electron chi connectivity index (χ0n) is 11.4. The maximum atomic E-state index is 8.84. The van der Waals surface area contributed by atoms with Crippen LogP contribution in [0.1, 0.15) is 6.42 Å². The monoisotopic (exact) mass is 267 g/mol. The lowest BCUT2D eigenvalue weighted by Gasteiger charge is -2.24. The van der Waals surface area contributed by atoms with E-state index in [1.54, 1.807) is 13.2 Å². The van der Waals surface area contributed by atoms with Gasteiger partial charge in [0.05, 0.1) is 19.6 Å². The summed E-state index contributed by atoms with van der Waals surface area (Å²) in [6, 6.07) is 17.7. The summed E-state index contributed by atoms with van der Waals surface area (Å²) < 4.78 is 5.25. The van der Waals surface area contributed by atoms with Gasteiger partial charge in [0, 0.05) is 35.7 Å². The van der Waals surface area contributed by atoms with E-state index in [2.05, 4.69) is 11.0 Å². The van der Waals surface area contributed by atoms with E-state index in [4.69, 9.17) is 15.7 Å². The van der Waals surface area contributed by atoms with Crippen molar-refractivity contribution in [2.75, 3.05) is 24.3 Å². The smallest absolute Gasteiger partial charge is 0.122 e. The lowest BCUT2D eigenvalue weighted by Crippen LogP contribution is -2.18. The van der Waals surface area contributed by atoms with Gasteiger partial charge in [0.1, 0.15) is 5.75 Å². The van der Waals surface area contributed by atoms with Gasteiger partial charge in [-0.25, -0.2) is 0 Å². The van der Waals surface area contributed by atoms with E-state index in [-0.39, 0.29) is 0 Å². The number of nitriles is 1. The van der Waals surface area contributed by atoms with Crippen molar-refractivity contribution in [3.63, 3.8) is 0 Å². The molecule has 0 bridgehead atoms. The highest BCUT2D eigenvalue weighted by Gasteiger charge is 2.10. The van der Waals surface area contributed by atoms with E-state index in [1.165, 1.54) is 0 Å². The molecule has 0 aromatic heterocycles. The third-order valence-electron chi connectivity index (χ3n) is 2.98. The summed E-state index contributed by atoms with van der Waals surface area (Å²) in [5.74, 6) is 0.706. The van der Waals surface area contributed by atoms with Gasteiger partial charge >= 0.3 is 0 Å². The number of methoxy groups -OCH3 is 1. The van der Waals surface area contributed by atoms with E-state index in [9.17, 15) is 0 Å². The molecule has 102 valence electrons. The fraction of sp³-hybridized carbons (Fsp3) is 0.188. The lowest BCUT2D eigenvalue weighted by atomic mass is 10.2. The largest absolute Gasteiger partial charge is 0.497 e. The van der Waals surface area contributed by atoms with E-state index in [1.807, 2.05) is 42.5 Å². The summed E-state index contributed by atoms with van der Waals surface area (Å²) >= 11 is 0. The molecule has 2 aromatic carbocycles. The first-order chi connectivity index (χ1) is 9.74. The summed E-state index contributed by atoms with van der Waals surface area (Å²) in [5, 5.41) is 8.84. The molecule has 0 radical (unpaired) electrons. The highest BCUT2D eigenvalue weighted by Crippen LogP contribution is 2.30. The molecule has 0 saturated carbocycles. The lowest BCUT2D eigenvalue weighted by molar-refractivity contribution is 0.415. The zero-order valence-corrected chi connectivity index (χ0v) is 11.4. The van der Waals surface area contributed by atoms with Crippen LogP contribution in [0.25, 0.3) is 0 Å². The number of rotatable bonds is 5. The molecule has 4 nitrogen and oxygen atoms in total. The number of benzene rings is 2. The second kappa shape index (κ2) is 6.48. The molecule has 2 rings (SSSR count). The van der Waals surface area contributed by atoms with Crippen molar-refractivity contribution in [2.45, 2.75) is 6.42 Å². The minimum absolute atomic E-state index is 0.437. The standard InChI is InChI=1S/C16H17N3O/c1-20-16-11-13(18)10-15(12-16)19(9-5-8-17)14-6-3-2-4-7-14/h2-4,6-7,10-12H,5,9,18H2,1H3. The van der Waals surface area contributed by atoms with Crippen LogP contribution < -0.4 is 15.4 Å². The second-order valence-corrected chi connectivity index (χ2v) is 4.36. The number of hydrogen-bond donors (Lipinski definition) is 1. The van der Waals surface area contributed by atoms with Gasteiger partial charge in [-0.3, -0.25) is 0 Å². The van der Waals surface area contributed by atoms with Gasteiger partial charge in [-0.15, -0.1) is 0 Å². The Morgan fingerprint density at radius 2 is 1.90 bits per heavy atom. The molecule has 0 heterocycles. The first kappa shape index (κ1) is 13.8. The van der Waals surface area contributed by atoms with Crippen molar-refractivity contribution in [1.82, 2.24) is 0 Å². The summed E-state index contributed by atoms with van der Waals surface area (Å²) in [7, 11) is 1.61. The van der Waals surface area contributed by atoms with E-state index >= 15 is 0 Å². The first-order valence-electron chi connectivity index (χ1n) is 6.38. The normalized spacial score (nSPS) is 9.80. The number of hydrogen-bond acceptors (Lipinski definition) is 4. The van der Waals surface area contributed by atoms with Crippen LogP contribution in [0.2, 0.25) is 0 Å². The Morgan fingerprint density at radius 1 is 1.15 bits per heavy atom. The Morgan fingerprint density at radius 3 is 2.55 bits per heavy atom. The highest BCUT2D eigenvalue weighted by molar-refractivity contribution is 5.68. The molecule has 0 spiro atoms. The van der Waals surface area contributed by atoms with Crippen molar-refractivity contribution < 1.29 is 4.74 Å². The van der Waals surface area contributed by atoms with E-state index in [0.29, 0.717) is 24.4 Å². The van der Waals surface area contributed by atoms with Gasteiger partial charge in [-0.05, 0) is 18.2 Å². The molecule has 0 fully saturated rings. The molecule has 0 amide bonds. The number of nitrogens with zero attached hydrogens (tertiary/aromatic N) is 2. The van der Waals surface area contributed by atoms with Gasteiger partial charge in [-0.1, -0.05) is 18.2 Å². The first-order valence-corrected chi connectivity index (χ1v) is 6.38. The van der Waals surface area contributed by atoms with Crippen molar-refractivity contribution in [3.05, 3.63) is 48.5 Å². The SMILES string of the molecule is COc1cc(N)cc(N(CCC#N)c2ccccc2)c1.